The van der Waals surface area contributed by atoms with Crippen LogP contribution in [0.4, 0.5) is 0 Å². The van der Waals surface area contributed by atoms with Gasteiger partial charge in [0.15, 0.2) is 0 Å². The van der Waals surface area contributed by atoms with Crippen LogP contribution in [0, 0.1) is 0 Å². The molecule has 0 radical (unpaired) electrons. The molecule has 0 saturated carbocycles. The molecule has 0 aromatic heterocycles. The van der Waals surface area contributed by atoms with E-state index in [-0.39, 0.29) is 0 Å². The highest BCUT2D eigenvalue weighted by Gasteiger charge is 1.91. The summed E-state index contributed by atoms with van der Waals surface area (Å²) in [7, 11) is -0.658. The van der Waals surface area contributed by atoms with E-state index in [1.54, 1.807) is 6.26 Å². The summed E-state index contributed by atoms with van der Waals surface area (Å²) in [5, 5.41) is 0. The summed E-state index contributed by atoms with van der Waals surface area (Å²) >= 11 is 0. The van der Waals surface area contributed by atoms with Crippen molar-refractivity contribution in [1.29, 1.82) is 0 Å². The van der Waals surface area contributed by atoms with E-state index in [1.165, 1.54) is 5.57 Å². The molecule has 0 aromatic carbocycles. The maximum absolute atomic E-state index is 10.7. The van der Waals surface area contributed by atoms with E-state index in [0.29, 0.717) is 0 Å². The SMILES string of the molecule is C[S@](=O)CCC=C1C=CC=C1. The molecule has 0 unspecified atom stereocenters. The Kier molecular flexibility index (Phi) is 3.30. The average Bonchev–Trinajstić information content (AvgIpc) is 2.39. The maximum atomic E-state index is 10.7. The second-order valence-corrected chi connectivity index (χ2v) is 4.04. The second-order valence-electron chi connectivity index (χ2n) is 2.49. The molecule has 1 atom stereocenters. The first-order valence-corrected chi connectivity index (χ1v) is 5.37. The monoisotopic (exact) mass is 168 g/mol. The predicted octanol–water partition coefficient (Wildman–Crippen LogP) is 1.81. The van der Waals surface area contributed by atoms with Crippen molar-refractivity contribution < 1.29 is 4.21 Å². The van der Waals surface area contributed by atoms with Crippen molar-refractivity contribution >= 4 is 10.8 Å². The molecule has 1 nitrogen and oxygen atoms in total. The van der Waals surface area contributed by atoms with Gasteiger partial charge in [0.05, 0.1) is 0 Å². The Morgan fingerprint density at radius 1 is 1.45 bits per heavy atom. The lowest BCUT2D eigenvalue weighted by Crippen LogP contribution is -1.91. The smallest absolute Gasteiger partial charge is 0.0266 e. The molecule has 0 aromatic rings. The van der Waals surface area contributed by atoms with Crippen LogP contribution in [0.15, 0.2) is 36.0 Å². The van der Waals surface area contributed by atoms with Gasteiger partial charge in [-0.25, -0.2) is 0 Å². The summed E-state index contributed by atoms with van der Waals surface area (Å²) in [6, 6.07) is 0. The molecule has 0 fully saturated rings. The quantitative estimate of drug-likeness (QED) is 0.628. The third-order valence-corrected chi connectivity index (χ3v) is 2.28. The topological polar surface area (TPSA) is 17.1 Å². The molecule has 0 aliphatic heterocycles. The normalized spacial score (nSPS) is 17.4. The van der Waals surface area contributed by atoms with Gasteiger partial charge >= 0.3 is 0 Å². The van der Waals surface area contributed by atoms with Gasteiger partial charge in [-0.05, 0) is 12.0 Å². The van der Waals surface area contributed by atoms with Crippen molar-refractivity contribution in [3.05, 3.63) is 36.0 Å². The Morgan fingerprint density at radius 2 is 2.09 bits per heavy atom. The van der Waals surface area contributed by atoms with Crippen LogP contribution in [-0.4, -0.2) is 16.2 Å². The van der Waals surface area contributed by atoms with Gasteiger partial charge in [-0.3, -0.25) is 4.21 Å². The molecule has 1 aliphatic rings. The fourth-order valence-corrected chi connectivity index (χ4v) is 1.37. The molecule has 0 bridgehead atoms. The molecule has 0 amide bonds. The van der Waals surface area contributed by atoms with Crippen LogP contribution in [0.2, 0.25) is 0 Å². The van der Waals surface area contributed by atoms with Crippen LogP contribution in [-0.2, 0) is 10.8 Å². The number of allylic oxidation sites excluding steroid dienone is 6. The molecule has 0 heterocycles. The van der Waals surface area contributed by atoms with Crippen molar-refractivity contribution in [2.75, 3.05) is 12.0 Å². The molecular weight excluding hydrogens is 156 g/mol. The maximum Gasteiger partial charge on any atom is 0.0266 e. The largest absolute Gasteiger partial charge is 0.260 e. The van der Waals surface area contributed by atoms with Gasteiger partial charge in [-0.2, -0.15) is 0 Å². The number of hydrogen-bond acceptors (Lipinski definition) is 1. The minimum atomic E-state index is -0.658. The van der Waals surface area contributed by atoms with Gasteiger partial charge in [0.2, 0.25) is 0 Å². The standard InChI is InChI=1S/C9H12OS/c1-11(10)8-4-7-9-5-2-3-6-9/h2-3,5-7H,4,8H2,1H3/t11-/m0/s1. The van der Waals surface area contributed by atoms with Crippen molar-refractivity contribution in [2.24, 2.45) is 0 Å². The lowest BCUT2D eigenvalue weighted by molar-refractivity contribution is 0.686. The van der Waals surface area contributed by atoms with Crippen molar-refractivity contribution in [3.63, 3.8) is 0 Å². The lowest BCUT2D eigenvalue weighted by Gasteiger charge is -1.91. The Hall–Kier alpha value is -0.630. The summed E-state index contributed by atoms with van der Waals surface area (Å²) in [4.78, 5) is 0. The first-order chi connectivity index (χ1) is 5.29. The minimum Gasteiger partial charge on any atom is -0.260 e. The van der Waals surface area contributed by atoms with Gasteiger partial charge in [-0.15, -0.1) is 0 Å². The van der Waals surface area contributed by atoms with Crippen molar-refractivity contribution in [3.8, 4) is 0 Å². The molecule has 0 N–H and O–H groups in total. The lowest BCUT2D eigenvalue weighted by atomic mass is 10.2. The van der Waals surface area contributed by atoms with Crippen LogP contribution in [0.1, 0.15) is 6.42 Å². The van der Waals surface area contributed by atoms with Gasteiger partial charge < -0.3 is 0 Å². The Morgan fingerprint density at radius 3 is 2.64 bits per heavy atom. The minimum absolute atomic E-state index is 0.658. The van der Waals surface area contributed by atoms with E-state index < -0.39 is 10.8 Å². The molecule has 60 valence electrons. The summed E-state index contributed by atoms with van der Waals surface area (Å²) in [6.45, 7) is 0. The molecule has 1 rings (SSSR count). The number of hydrogen-bond donors (Lipinski definition) is 0. The van der Waals surface area contributed by atoms with E-state index in [1.807, 2.05) is 12.2 Å². The van der Waals surface area contributed by atoms with Crippen LogP contribution in [0.25, 0.3) is 0 Å². The zero-order chi connectivity index (χ0) is 8.10. The third-order valence-electron chi connectivity index (χ3n) is 1.47. The van der Waals surface area contributed by atoms with Crippen LogP contribution in [0.5, 0.6) is 0 Å². The first-order valence-electron chi connectivity index (χ1n) is 3.64. The highest BCUT2D eigenvalue weighted by Crippen LogP contribution is 2.07. The summed E-state index contributed by atoms with van der Waals surface area (Å²) < 4.78 is 10.7. The van der Waals surface area contributed by atoms with Crippen LogP contribution >= 0.6 is 0 Å². The van der Waals surface area contributed by atoms with E-state index in [2.05, 4.69) is 18.2 Å². The molecule has 0 spiro atoms. The Balaban J connectivity index is 2.30. The highest BCUT2D eigenvalue weighted by atomic mass is 32.2. The van der Waals surface area contributed by atoms with Crippen molar-refractivity contribution in [2.45, 2.75) is 6.42 Å². The molecule has 1 aliphatic carbocycles. The van der Waals surface area contributed by atoms with E-state index in [4.69, 9.17) is 0 Å². The van der Waals surface area contributed by atoms with E-state index >= 15 is 0 Å². The summed E-state index contributed by atoms with van der Waals surface area (Å²) in [6.07, 6.45) is 12.9. The predicted molar refractivity (Wildman–Crippen MR) is 49.9 cm³/mol. The summed E-state index contributed by atoms with van der Waals surface area (Å²) in [5.41, 5.74) is 1.23. The Labute approximate surface area is 70.0 Å². The van der Waals surface area contributed by atoms with Crippen LogP contribution in [0.3, 0.4) is 0 Å². The van der Waals surface area contributed by atoms with E-state index in [9.17, 15) is 4.21 Å². The third kappa shape index (κ3) is 3.33. The van der Waals surface area contributed by atoms with Crippen LogP contribution < -0.4 is 0 Å². The number of rotatable bonds is 3. The van der Waals surface area contributed by atoms with Gasteiger partial charge in [0.25, 0.3) is 0 Å². The van der Waals surface area contributed by atoms with E-state index in [0.717, 1.165) is 12.2 Å². The zero-order valence-corrected chi connectivity index (χ0v) is 7.43. The zero-order valence-electron chi connectivity index (χ0n) is 6.62. The molecule has 0 saturated heterocycles. The van der Waals surface area contributed by atoms with Gasteiger partial charge in [-0.1, -0.05) is 30.4 Å². The molecular formula is C9H12OS. The second kappa shape index (κ2) is 4.29. The molecule has 2 heteroatoms. The van der Waals surface area contributed by atoms with Crippen molar-refractivity contribution in [1.82, 2.24) is 0 Å². The van der Waals surface area contributed by atoms with Gasteiger partial charge in [0, 0.05) is 22.8 Å². The molecule has 11 heavy (non-hydrogen) atoms. The average molecular weight is 168 g/mol. The first kappa shape index (κ1) is 8.47. The van der Waals surface area contributed by atoms with Gasteiger partial charge in [0.1, 0.15) is 0 Å². The summed E-state index contributed by atoms with van der Waals surface area (Å²) in [5.74, 6) is 0.769. The highest BCUT2D eigenvalue weighted by molar-refractivity contribution is 7.84. The fraction of sp³-hybridized carbons (Fsp3) is 0.333. The Bertz CT molecular complexity index is 222. The fourth-order valence-electron chi connectivity index (χ4n) is 0.917.